The quantitative estimate of drug-likeness (QED) is 0.395. The molecule has 1 unspecified atom stereocenters. The average molecular weight is 240 g/mol. The topological polar surface area (TPSA) is 0 Å². The molecule has 0 aliphatic heterocycles. The number of rotatable bonds is 4. The molecule has 5 heteroatoms. The predicted molar refractivity (Wildman–Crippen MR) is 52.7 cm³/mol. The summed E-state index contributed by atoms with van der Waals surface area (Å²) < 4.78 is 0. The van der Waals surface area contributed by atoms with E-state index in [0.29, 0.717) is 6.04 Å². The largest absolute Gasteiger partial charge is 0.341 e. The monoisotopic (exact) mass is 238 g/mol. The third-order valence-electron chi connectivity index (χ3n) is 1.06. The molecule has 1 atom stereocenters. The van der Waals surface area contributed by atoms with Crippen LogP contribution in [0.15, 0.2) is 0 Å². The van der Waals surface area contributed by atoms with E-state index in [2.05, 4.69) is 0 Å². The summed E-state index contributed by atoms with van der Waals surface area (Å²) in [6, 6.07) is -1.65. The van der Waals surface area contributed by atoms with Crippen LogP contribution in [0.4, 0.5) is 0 Å². The van der Waals surface area contributed by atoms with E-state index < -0.39 is 6.00 Å². The molecule has 62 valence electrons. The molecule has 0 aliphatic carbocycles. The van der Waals surface area contributed by atoms with Gasteiger partial charge in [0.2, 0.25) is 0 Å². The lowest BCUT2D eigenvalue weighted by atomic mass is 10.3. The number of hydrogen-bond donors (Lipinski definition) is 0. The summed E-state index contributed by atoms with van der Waals surface area (Å²) in [5, 5.41) is 0.196. The van der Waals surface area contributed by atoms with Gasteiger partial charge in [-0.05, 0) is 19.4 Å². The Balaban J connectivity index is 3.21. The first-order valence-corrected chi connectivity index (χ1v) is 8.80. The van der Waals surface area contributed by atoms with E-state index in [-0.39, 0.29) is 5.38 Å². The van der Waals surface area contributed by atoms with Crippen LogP contribution in [0.25, 0.3) is 0 Å². The zero-order valence-electron chi connectivity index (χ0n) is 5.71. The smallest absolute Gasteiger partial charge is 0.126 e. The highest BCUT2D eigenvalue weighted by Crippen LogP contribution is 2.27. The Morgan fingerprint density at radius 2 is 1.80 bits per heavy atom. The molecule has 0 saturated carbocycles. The molecule has 0 saturated heterocycles. The fourth-order valence-electron chi connectivity index (χ4n) is 0.584. The van der Waals surface area contributed by atoms with Crippen LogP contribution in [0.2, 0.25) is 6.04 Å². The number of halogens is 4. The van der Waals surface area contributed by atoms with Crippen molar-refractivity contribution in [3.63, 3.8) is 0 Å². The normalized spacial score (nSPS) is 15.3. The molecule has 0 radical (unpaired) electrons. The van der Waals surface area contributed by atoms with Crippen LogP contribution in [0, 0.1) is 0 Å². The summed E-state index contributed by atoms with van der Waals surface area (Å²) in [5.74, 6) is 0. The lowest BCUT2D eigenvalue weighted by Crippen LogP contribution is -2.08. The third kappa shape index (κ3) is 9.38. The molecule has 0 spiro atoms. The molecular formula is C5H10Cl4Si. The highest BCUT2D eigenvalue weighted by molar-refractivity contribution is 7.64. The summed E-state index contributed by atoms with van der Waals surface area (Å²) in [5.41, 5.74) is 0. The lowest BCUT2D eigenvalue weighted by molar-refractivity contribution is 0.776. The average Bonchev–Trinajstić information content (AvgIpc) is 1.59. The maximum atomic E-state index is 5.69. The van der Waals surface area contributed by atoms with Crippen LogP contribution in [0.5, 0.6) is 0 Å². The zero-order chi connectivity index (χ0) is 8.20. The fourth-order valence-corrected chi connectivity index (χ4v) is 2.55. The van der Waals surface area contributed by atoms with Crippen molar-refractivity contribution < 1.29 is 0 Å². The Hall–Kier alpha value is 1.38. The van der Waals surface area contributed by atoms with Gasteiger partial charge in [0.25, 0.3) is 0 Å². The summed E-state index contributed by atoms with van der Waals surface area (Å²) in [6.45, 7) is 1.95. The van der Waals surface area contributed by atoms with Gasteiger partial charge in [-0.3, -0.25) is 0 Å². The van der Waals surface area contributed by atoms with Gasteiger partial charge >= 0.3 is 6.00 Å². The molecule has 0 fully saturated rings. The number of hydrogen-bond acceptors (Lipinski definition) is 0. The molecule has 0 N–H and O–H groups in total. The fraction of sp³-hybridized carbons (Fsp3) is 1.00. The van der Waals surface area contributed by atoms with Crippen LogP contribution in [0.3, 0.4) is 0 Å². The van der Waals surface area contributed by atoms with Gasteiger partial charge in [-0.2, -0.15) is 0 Å². The van der Waals surface area contributed by atoms with Crippen LogP contribution in [-0.2, 0) is 0 Å². The van der Waals surface area contributed by atoms with Crippen molar-refractivity contribution in [3.8, 4) is 0 Å². The first kappa shape index (κ1) is 11.4. The van der Waals surface area contributed by atoms with Gasteiger partial charge in [0.05, 0.1) is 0 Å². The molecular weight excluding hydrogens is 230 g/mol. The van der Waals surface area contributed by atoms with Crippen molar-refractivity contribution in [3.05, 3.63) is 0 Å². The lowest BCUT2D eigenvalue weighted by Gasteiger charge is -2.07. The van der Waals surface area contributed by atoms with Crippen molar-refractivity contribution in [1.82, 2.24) is 0 Å². The minimum Gasteiger partial charge on any atom is -0.126 e. The first-order chi connectivity index (χ1) is 4.42. The molecule has 0 nitrogen and oxygen atoms in total. The second-order valence-electron chi connectivity index (χ2n) is 2.29. The van der Waals surface area contributed by atoms with E-state index >= 15 is 0 Å². The SMILES string of the molecule is CC(Cl)CCC[Si](Cl)(Cl)Cl. The minimum atomic E-state index is -2.37. The van der Waals surface area contributed by atoms with Crippen LogP contribution >= 0.6 is 44.8 Å². The van der Waals surface area contributed by atoms with Crippen molar-refractivity contribution in [1.29, 1.82) is 0 Å². The van der Waals surface area contributed by atoms with Crippen molar-refractivity contribution in [2.24, 2.45) is 0 Å². The van der Waals surface area contributed by atoms with E-state index in [9.17, 15) is 0 Å². The van der Waals surface area contributed by atoms with E-state index in [1.54, 1.807) is 0 Å². The van der Waals surface area contributed by atoms with Crippen molar-refractivity contribution >= 4 is 50.8 Å². The standard InChI is InChI=1S/C5H10Cl4Si/c1-5(6)3-2-4-10(7,8)9/h5H,2-4H2,1H3. The Morgan fingerprint density at radius 1 is 1.30 bits per heavy atom. The Labute approximate surface area is 81.9 Å². The number of alkyl halides is 1. The van der Waals surface area contributed by atoms with Crippen LogP contribution in [-0.4, -0.2) is 11.4 Å². The Kier molecular flexibility index (Phi) is 5.80. The van der Waals surface area contributed by atoms with Gasteiger partial charge in [0.15, 0.2) is 0 Å². The maximum absolute atomic E-state index is 5.69. The second-order valence-corrected chi connectivity index (χ2v) is 12.3. The third-order valence-corrected chi connectivity index (χ3v) is 3.90. The molecule has 10 heavy (non-hydrogen) atoms. The first-order valence-electron chi connectivity index (χ1n) is 3.12. The second kappa shape index (κ2) is 5.10. The van der Waals surface area contributed by atoms with Gasteiger partial charge in [0.1, 0.15) is 0 Å². The molecule has 0 aromatic heterocycles. The zero-order valence-corrected chi connectivity index (χ0v) is 9.73. The van der Waals surface area contributed by atoms with E-state index in [0.717, 1.165) is 12.8 Å². The summed E-state index contributed by atoms with van der Waals surface area (Å²) in [4.78, 5) is 0. The van der Waals surface area contributed by atoms with Crippen LogP contribution in [0.1, 0.15) is 19.8 Å². The van der Waals surface area contributed by atoms with E-state index in [1.165, 1.54) is 0 Å². The van der Waals surface area contributed by atoms with Crippen molar-refractivity contribution in [2.75, 3.05) is 0 Å². The maximum Gasteiger partial charge on any atom is 0.341 e. The van der Waals surface area contributed by atoms with Gasteiger partial charge in [-0.1, -0.05) is 6.42 Å². The molecule has 0 rings (SSSR count). The van der Waals surface area contributed by atoms with Gasteiger partial charge in [-0.15, -0.1) is 44.8 Å². The summed E-state index contributed by atoms with van der Waals surface area (Å²) >= 11 is 22.6. The molecule has 0 bridgehead atoms. The molecule has 0 amide bonds. The highest BCUT2D eigenvalue weighted by atomic mass is 35.8. The Morgan fingerprint density at radius 3 is 2.10 bits per heavy atom. The van der Waals surface area contributed by atoms with Gasteiger partial charge in [0, 0.05) is 5.38 Å². The molecule has 0 heterocycles. The molecule has 0 aromatic carbocycles. The Bertz CT molecular complexity index is 88.1. The summed E-state index contributed by atoms with van der Waals surface area (Å²) in [7, 11) is 0. The van der Waals surface area contributed by atoms with Gasteiger partial charge < -0.3 is 0 Å². The highest BCUT2D eigenvalue weighted by Gasteiger charge is 2.23. The van der Waals surface area contributed by atoms with Crippen molar-refractivity contribution in [2.45, 2.75) is 31.2 Å². The van der Waals surface area contributed by atoms with E-state index in [1.807, 2.05) is 6.92 Å². The van der Waals surface area contributed by atoms with Crippen LogP contribution < -0.4 is 0 Å². The van der Waals surface area contributed by atoms with E-state index in [4.69, 9.17) is 44.8 Å². The minimum absolute atomic E-state index is 0.196. The predicted octanol–water partition coefficient (Wildman–Crippen LogP) is 4.05. The molecule has 0 aromatic rings. The molecule has 0 aliphatic rings. The summed E-state index contributed by atoms with van der Waals surface area (Å²) in [6.07, 6.45) is 1.86. The van der Waals surface area contributed by atoms with Gasteiger partial charge in [-0.25, -0.2) is 0 Å².